The maximum Gasteiger partial charge on any atom is 0.292 e. The molecule has 2 unspecified atom stereocenters. The number of benzene rings is 1. The van der Waals surface area contributed by atoms with E-state index < -0.39 is 4.92 Å². The average Bonchev–Trinajstić information content (AvgIpc) is 2.46. The van der Waals surface area contributed by atoms with Gasteiger partial charge in [-0.3, -0.25) is 10.1 Å². The molecule has 0 amide bonds. The first-order chi connectivity index (χ1) is 9.61. The zero-order valence-corrected chi connectivity index (χ0v) is 11.9. The number of nitro benzene ring substituents is 1. The molecule has 110 valence electrons. The Labute approximate surface area is 119 Å². The molecular weight excluding hydrogens is 256 g/mol. The molecule has 0 radical (unpaired) electrons. The van der Waals surface area contributed by atoms with Gasteiger partial charge in [-0.1, -0.05) is 32.3 Å². The van der Waals surface area contributed by atoms with Crippen LogP contribution in [0, 0.1) is 16.0 Å². The van der Waals surface area contributed by atoms with Crippen molar-refractivity contribution < 1.29 is 9.66 Å². The summed E-state index contributed by atoms with van der Waals surface area (Å²) >= 11 is 0. The summed E-state index contributed by atoms with van der Waals surface area (Å²) in [4.78, 5) is 10.4. The molecule has 0 aliphatic heterocycles. The number of anilines is 1. The van der Waals surface area contributed by atoms with Gasteiger partial charge in [0, 0.05) is 6.07 Å². The predicted molar refractivity (Wildman–Crippen MR) is 78.3 cm³/mol. The number of hydrogen-bond acceptors (Lipinski definition) is 4. The standard InChI is InChI=1S/C15H22N2O3/c1-2-12-5-3-4-6-15(12)20-10-11-7-8-13(16)14(9-11)17(18)19/h7-9,12,15H,2-6,10,16H2,1H3. The van der Waals surface area contributed by atoms with Crippen molar-refractivity contribution in [3.8, 4) is 0 Å². The molecule has 1 aromatic rings. The van der Waals surface area contributed by atoms with Gasteiger partial charge < -0.3 is 10.5 Å². The molecule has 1 aromatic carbocycles. The maximum absolute atomic E-state index is 10.9. The number of nitrogens with zero attached hydrogens (tertiary/aromatic N) is 1. The summed E-state index contributed by atoms with van der Waals surface area (Å²) in [6.07, 6.45) is 6.23. The molecule has 2 rings (SSSR count). The van der Waals surface area contributed by atoms with Crippen molar-refractivity contribution in [2.75, 3.05) is 5.73 Å². The first-order valence-corrected chi connectivity index (χ1v) is 7.26. The topological polar surface area (TPSA) is 78.4 Å². The number of ether oxygens (including phenoxy) is 1. The fourth-order valence-corrected chi connectivity index (χ4v) is 2.90. The molecule has 20 heavy (non-hydrogen) atoms. The third-order valence-electron chi connectivity index (χ3n) is 4.12. The van der Waals surface area contributed by atoms with E-state index in [1.54, 1.807) is 12.1 Å². The third-order valence-corrected chi connectivity index (χ3v) is 4.12. The van der Waals surface area contributed by atoms with Gasteiger partial charge in [0.25, 0.3) is 5.69 Å². The Morgan fingerprint density at radius 3 is 2.85 bits per heavy atom. The largest absolute Gasteiger partial charge is 0.393 e. The Balaban J connectivity index is 1.99. The van der Waals surface area contributed by atoms with Crippen LogP contribution in [0.15, 0.2) is 18.2 Å². The van der Waals surface area contributed by atoms with Crippen LogP contribution >= 0.6 is 0 Å². The van der Waals surface area contributed by atoms with E-state index in [4.69, 9.17) is 10.5 Å². The molecule has 1 aliphatic rings. The van der Waals surface area contributed by atoms with E-state index in [0.717, 1.165) is 18.4 Å². The van der Waals surface area contributed by atoms with Crippen molar-refractivity contribution in [3.05, 3.63) is 33.9 Å². The van der Waals surface area contributed by atoms with Crippen LogP contribution in [-0.2, 0) is 11.3 Å². The van der Waals surface area contributed by atoms with Crippen LogP contribution < -0.4 is 5.73 Å². The first-order valence-electron chi connectivity index (χ1n) is 7.26. The van der Waals surface area contributed by atoms with Gasteiger partial charge in [0.05, 0.1) is 17.6 Å². The van der Waals surface area contributed by atoms with E-state index in [-0.39, 0.29) is 17.5 Å². The summed E-state index contributed by atoms with van der Waals surface area (Å²) in [7, 11) is 0. The monoisotopic (exact) mass is 278 g/mol. The summed E-state index contributed by atoms with van der Waals surface area (Å²) in [5, 5.41) is 10.9. The fourth-order valence-electron chi connectivity index (χ4n) is 2.90. The van der Waals surface area contributed by atoms with Gasteiger partial charge in [0.1, 0.15) is 5.69 Å². The molecular formula is C15H22N2O3. The SMILES string of the molecule is CCC1CCCCC1OCc1ccc(N)c([N+](=O)[O-])c1. The highest BCUT2D eigenvalue weighted by atomic mass is 16.6. The predicted octanol–water partition coefficient (Wildman–Crippen LogP) is 3.66. The molecule has 5 nitrogen and oxygen atoms in total. The minimum Gasteiger partial charge on any atom is -0.393 e. The molecule has 0 spiro atoms. The van der Waals surface area contributed by atoms with Gasteiger partial charge in [-0.2, -0.15) is 0 Å². The van der Waals surface area contributed by atoms with Crippen molar-refractivity contribution in [1.29, 1.82) is 0 Å². The van der Waals surface area contributed by atoms with Crippen molar-refractivity contribution in [3.63, 3.8) is 0 Å². The number of nitrogen functional groups attached to an aromatic ring is 1. The first kappa shape index (κ1) is 14.8. The van der Waals surface area contributed by atoms with Crippen molar-refractivity contribution in [2.45, 2.75) is 51.7 Å². The van der Waals surface area contributed by atoms with Gasteiger partial charge in [0.2, 0.25) is 0 Å². The Kier molecular flexibility index (Phi) is 4.95. The van der Waals surface area contributed by atoms with Crippen LogP contribution in [0.3, 0.4) is 0 Å². The number of nitro groups is 1. The quantitative estimate of drug-likeness (QED) is 0.506. The summed E-state index contributed by atoms with van der Waals surface area (Å²) in [6.45, 7) is 2.61. The highest BCUT2D eigenvalue weighted by Crippen LogP contribution is 2.30. The average molecular weight is 278 g/mol. The second-order valence-electron chi connectivity index (χ2n) is 5.45. The van der Waals surface area contributed by atoms with Gasteiger partial charge in [0.15, 0.2) is 0 Å². The van der Waals surface area contributed by atoms with Crippen LogP contribution in [0.25, 0.3) is 0 Å². The van der Waals surface area contributed by atoms with Crippen LogP contribution in [0.4, 0.5) is 11.4 Å². The lowest BCUT2D eigenvalue weighted by Gasteiger charge is -2.30. The molecule has 0 aromatic heterocycles. The van der Waals surface area contributed by atoms with E-state index >= 15 is 0 Å². The Hall–Kier alpha value is -1.62. The van der Waals surface area contributed by atoms with E-state index in [1.807, 2.05) is 0 Å². The fraction of sp³-hybridized carbons (Fsp3) is 0.600. The van der Waals surface area contributed by atoms with E-state index in [2.05, 4.69) is 6.92 Å². The molecule has 1 fully saturated rings. The lowest BCUT2D eigenvalue weighted by atomic mass is 9.85. The smallest absolute Gasteiger partial charge is 0.292 e. The number of hydrogen-bond donors (Lipinski definition) is 1. The molecule has 1 saturated carbocycles. The maximum atomic E-state index is 10.9. The summed E-state index contributed by atoms with van der Waals surface area (Å²) in [5.74, 6) is 0.618. The highest BCUT2D eigenvalue weighted by Gasteiger charge is 2.24. The molecule has 1 aliphatic carbocycles. The lowest BCUT2D eigenvalue weighted by Crippen LogP contribution is -2.27. The zero-order chi connectivity index (χ0) is 14.5. The summed E-state index contributed by atoms with van der Waals surface area (Å²) < 4.78 is 5.98. The van der Waals surface area contributed by atoms with Gasteiger partial charge >= 0.3 is 0 Å². The van der Waals surface area contributed by atoms with E-state index in [1.165, 1.54) is 25.3 Å². The molecule has 2 atom stereocenters. The van der Waals surface area contributed by atoms with Crippen LogP contribution in [0.1, 0.15) is 44.6 Å². The Morgan fingerprint density at radius 1 is 1.40 bits per heavy atom. The molecule has 0 heterocycles. The molecule has 0 bridgehead atoms. The zero-order valence-electron chi connectivity index (χ0n) is 11.9. The second kappa shape index (κ2) is 6.70. The van der Waals surface area contributed by atoms with Gasteiger partial charge in [-0.15, -0.1) is 0 Å². The van der Waals surface area contributed by atoms with Crippen LogP contribution in [-0.4, -0.2) is 11.0 Å². The summed E-state index contributed by atoms with van der Waals surface area (Å²) in [5.41, 5.74) is 6.56. The Bertz CT molecular complexity index is 476. The lowest BCUT2D eigenvalue weighted by molar-refractivity contribution is -0.384. The number of nitrogens with two attached hydrogens (primary N) is 1. The van der Waals surface area contributed by atoms with Crippen LogP contribution in [0.5, 0.6) is 0 Å². The normalized spacial score (nSPS) is 22.6. The second-order valence-corrected chi connectivity index (χ2v) is 5.45. The minimum atomic E-state index is -0.450. The summed E-state index contributed by atoms with van der Waals surface area (Å²) in [6, 6.07) is 4.89. The van der Waals surface area contributed by atoms with Crippen molar-refractivity contribution >= 4 is 11.4 Å². The van der Waals surface area contributed by atoms with Crippen molar-refractivity contribution in [2.24, 2.45) is 5.92 Å². The molecule has 5 heteroatoms. The van der Waals surface area contributed by atoms with Crippen molar-refractivity contribution in [1.82, 2.24) is 0 Å². The highest BCUT2D eigenvalue weighted by molar-refractivity contribution is 5.59. The van der Waals surface area contributed by atoms with Gasteiger partial charge in [-0.25, -0.2) is 0 Å². The van der Waals surface area contributed by atoms with E-state index in [0.29, 0.717) is 12.5 Å². The van der Waals surface area contributed by atoms with Crippen LogP contribution in [0.2, 0.25) is 0 Å². The Morgan fingerprint density at radius 2 is 2.15 bits per heavy atom. The minimum absolute atomic E-state index is 0.0400. The van der Waals surface area contributed by atoms with Gasteiger partial charge in [-0.05, 0) is 30.4 Å². The molecule has 0 saturated heterocycles. The third kappa shape index (κ3) is 3.48. The van der Waals surface area contributed by atoms with E-state index in [9.17, 15) is 10.1 Å². The number of rotatable bonds is 5. The molecule has 2 N–H and O–H groups in total.